The summed E-state index contributed by atoms with van der Waals surface area (Å²) in [5.74, 6) is 2.06. The zero-order valence-corrected chi connectivity index (χ0v) is 19.0. The summed E-state index contributed by atoms with van der Waals surface area (Å²) < 4.78 is 5.11. The van der Waals surface area contributed by atoms with Gasteiger partial charge in [-0.1, -0.05) is 41.9 Å². The van der Waals surface area contributed by atoms with Gasteiger partial charge in [-0.3, -0.25) is 9.59 Å². The van der Waals surface area contributed by atoms with E-state index in [2.05, 4.69) is 39.3 Å². The van der Waals surface area contributed by atoms with Gasteiger partial charge in [0.2, 0.25) is 17.7 Å². The molecule has 0 N–H and O–H groups in total. The SMILES string of the molecule is Cc1noc(CCC(=O)N2CCC([C@@H]3CCCCN(CCc4ccccc4)C3=O)CC2)n1. The molecule has 0 bridgehead atoms. The molecule has 7 heteroatoms. The fourth-order valence-corrected chi connectivity index (χ4v) is 5.07. The Kier molecular flexibility index (Phi) is 7.55. The summed E-state index contributed by atoms with van der Waals surface area (Å²) in [6.07, 6.45) is 6.79. The highest BCUT2D eigenvalue weighted by Gasteiger charge is 2.35. The number of likely N-dealkylation sites (tertiary alicyclic amines) is 2. The van der Waals surface area contributed by atoms with Crippen LogP contribution in [0.5, 0.6) is 0 Å². The Morgan fingerprint density at radius 1 is 1.06 bits per heavy atom. The predicted octanol–water partition coefficient (Wildman–Crippen LogP) is 3.42. The van der Waals surface area contributed by atoms with Crippen LogP contribution in [-0.2, 0) is 22.4 Å². The first-order chi connectivity index (χ1) is 15.6. The number of carbonyl (C=O) groups excluding carboxylic acids is 2. The molecule has 0 saturated carbocycles. The van der Waals surface area contributed by atoms with E-state index in [1.165, 1.54) is 5.56 Å². The van der Waals surface area contributed by atoms with E-state index < -0.39 is 0 Å². The summed E-state index contributed by atoms with van der Waals surface area (Å²) in [6, 6.07) is 10.4. The average molecular weight is 439 g/mol. The van der Waals surface area contributed by atoms with E-state index in [0.717, 1.165) is 64.7 Å². The summed E-state index contributed by atoms with van der Waals surface area (Å²) in [7, 11) is 0. The maximum atomic E-state index is 13.4. The van der Waals surface area contributed by atoms with E-state index in [1.54, 1.807) is 6.92 Å². The lowest BCUT2D eigenvalue weighted by atomic mass is 9.81. The number of hydrogen-bond donors (Lipinski definition) is 0. The topological polar surface area (TPSA) is 79.5 Å². The molecule has 1 aromatic carbocycles. The highest BCUT2D eigenvalue weighted by molar-refractivity contribution is 5.79. The number of benzene rings is 1. The smallest absolute Gasteiger partial charge is 0.227 e. The Balaban J connectivity index is 1.26. The number of aryl methyl sites for hydroxylation is 2. The molecule has 0 unspecified atom stereocenters. The van der Waals surface area contributed by atoms with Crippen LogP contribution in [0.4, 0.5) is 0 Å². The molecule has 1 atom stereocenters. The van der Waals surface area contributed by atoms with Crippen LogP contribution in [0.2, 0.25) is 0 Å². The molecule has 2 fully saturated rings. The van der Waals surface area contributed by atoms with E-state index in [4.69, 9.17) is 4.52 Å². The van der Waals surface area contributed by atoms with Gasteiger partial charge in [0.15, 0.2) is 5.82 Å². The van der Waals surface area contributed by atoms with E-state index in [1.807, 2.05) is 11.0 Å². The second-order valence-electron chi connectivity index (χ2n) is 9.12. The number of piperidine rings is 1. The van der Waals surface area contributed by atoms with Crippen molar-refractivity contribution in [3.8, 4) is 0 Å². The first-order valence-electron chi connectivity index (χ1n) is 12.0. The van der Waals surface area contributed by atoms with Gasteiger partial charge in [-0.2, -0.15) is 4.98 Å². The zero-order chi connectivity index (χ0) is 22.3. The molecule has 0 aliphatic carbocycles. The van der Waals surface area contributed by atoms with Crippen LogP contribution in [0, 0.1) is 18.8 Å². The lowest BCUT2D eigenvalue weighted by Gasteiger charge is -2.36. The molecular formula is C25H34N4O3. The minimum absolute atomic E-state index is 0.104. The molecule has 2 aliphatic rings. The second-order valence-corrected chi connectivity index (χ2v) is 9.12. The van der Waals surface area contributed by atoms with Crippen molar-refractivity contribution in [2.45, 2.75) is 58.3 Å². The zero-order valence-electron chi connectivity index (χ0n) is 19.0. The Morgan fingerprint density at radius 2 is 1.84 bits per heavy atom. The van der Waals surface area contributed by atoms with Crippen molar-refractivity contribution < 1.29 is 14.1 Å². The summed E-state index contributed by atoms with van der Waals surface area (Å²) >= 11 is 0. The molecule has 4 rings (SSSR count). The Hall–Kier alpha value is -2.70. The van der Waals surface area contributed by atoms with Gasteiger partial charge in [0.25, 0.3) is 0 Å². The highest BCUT2D eigenvalue weighted by Crippen LogP contribution is 2.32. The lowest BCUT2D eigenvalue weighted by Crippen LogP contribution is -2.44. The van der Waals surface area contributed by atoms with E-state index >= 15 is 0 Å². The minimum Gasteiger partial charge on any atom is -0.343 e. The third kappa shape index (κ3) is 5.75. The Labute approximate surface area is 190 Å². The molecule has 1 aromatic heterocycles. The van der Waals surface area contributed by atoms with Gasteiger partial charge in [0.1, 0.15) is 0 Å². The van der Waals surface area contributed by atoms with Gasteiger partial charge in [-0.05, 0) is 50.5 Å². The maximum absolute atomic E-state index is 13.4. The first kappa shape index (κ1) is 22.5. The number of rotatable bonds is 7. The molecule has 2 aliphatic heterocycles. The molecule has 0 radical (unpaired) electrons. The third-order valence-corrected chi connectivity index (χ3v) is 6.92. The molecule has 7 nitrogen and oxygen atoms in total. The number of nitrogens with zero attached hydrogens (tertiary/aromatic N) is 4. The summed E-state index contributed by atoms with van der Waals surface area (Å²) in [4.78, 5) is 34.2. The van der Waals surface area contributed by atoms with Gasteiger partial charge in [0, 0.05) is 44.9 Å². The average Bonchev–Trinajstić information content (AvgIpc) is 3.15. The molecule has 2 amide bonds. The highest BCUT2D eigenvalue weighted by atomic mass is 16.5. The second kappa shape index (κ2) is 10.7. The first-order valence-corrected chi connectivity index (χ1v) is 12.0. The molecule has 172 valence electrons. The van der Waals surface area contributed by atoms with Crippen LogP contribution in [0.3, 0.4) is 0 Å². The van der Waals surface area contributed by atoms with Crippen molar-refractivity contribution in [1.82, 2.24) is 19.9 Å². The number of carbonyl (C=O) groups is 2. The van der Waals surface area contributed by atoms with Gasteiger partial charge in [-0.25, -0.2) is 0 Å². The largest absolute Gasteiger partial charge is 0.343 e. The van der Waals surface area contributed by atoms with Crippen molar-refractivity contribution >= 4 is 11.8 Å². The summed E-state index contributed by atoms with van der Waals surface area (Å²) in [5, 5.41) is 3.77. The normalized spacial score (nSPS) is 20.4. The Bertz CT molecular complexity index is 890. The van der Waals surface area contributed by atoms with Crippen molar-refractivity contribution in [3.05, 3.63) is 47.6 Å². The van der Waals surface area contributed by atoms with Crippen molar-refractivity contribution in [3.63, 3.8) is 0 Å². The monoisotopic (exact) mass is 438 g/mol. The summed E-state index contributed by atoms with van der Waals surface area (Å²) in [6.45, 7) is 4.91. The molecule has 2 saturated heterocycles. The van der Waals surface area contributed by atoms with E-state index in [0.29, 0.717) is 36.4 Å². The number of amides is 2. The van der Waals surface area contributed by atoms with Crippen LogP contribution in [0.15, 0.2) is 34.9 Å². The van der Waals surface area contributed by atoms with Gasteiger partial charge < -0.3 is 14.3 Å². The van der Waals surface area contributed by atoms with Crippen LogP contribution in [-0.4, -0.2) is 57.9 Å². The minimum atomic E-state index is 0.104. The van der Waals surface area contributed by atoms with Crippen molar-refractivity contribution in [2.75, 3.05) is 26.2 Å². The van der Waals surface area contributed by atoms with Crippen LogP contribution < -0.4 is 0 Å². The molecule has 3 heterocycles. The van der Waals surface area contributed by atoms with Crippen molar-refractivity contribution in [1.29, 1.82) is 0 Å². The standard InChI is InChI=1S/C25H34N4O3/c1-19-26-23(32-27-19)10-11-24(30)28-17-13-21(14-18-28)22-9-5-6-15-29(25(22)31)16-12-20-7-3-2-4-8-20/h2-4,7-8,21-22H,5-6,9-18H2,1H3/t22-/m0/s1. The molecule has 32 heavy (non-hydrogen) atoms. The third-order valence-electron chi connectivity index (χ3n) is 6.92. The molecular weight excluding hydrogens is 404 g/mol. The number of aromatic nitrogens is 2. The van der Waals surface area contributed by atoms with E-state index in [-0.39, 0.29) is 11.8 Å². The van der Waals surface area contributed by atoms with Crippen LogP contribution in [0.25, 0.3) is 0 Å². The Morgan fingerprint density at radius 3 is 2.56 bits per heavy atom. The van der Waals surface area contributed by atoms with Crippen molar-refractivity contribution in [2.24, 2.45) is 11.8 Å². The quantitative estimate of drug-likeness (QED) is 0.662. The fourth-order valence-electron chi connectivity index (χ4n) is 5.07. The predicted molar refractivity (Wildman–Crippen MR) is 121 cm³/mol. The van der Waals surface area contributed by atoms with E-state index in [9.17, 15) is 9.59 Å². The summed E-state index contributed by atoms with van der Waals surface area (Å²) in [5.41, 5.74) is 1.28. The molecule has 2 aromatic rings. The van der Waals surface area contributed by atoms with Crippen LogP contribution in [0.1, 0.15) is 55.8 Å². The van der Waals surface area contributed by atoms with Crippen LogP contribution >= 0.6 is 0 Å². The van der Waals surface area contributed by atoms with Gasteiger partial charge >= 0.3 is 0 Å². The fraction of sp³-hybridized carbons (Fsp3) is 0.600. The van der Waals surface area contributed by atoms with Gasteiger partial charge in [0.05, 0.1) is 0 Å². The number of hydrogen-bond acceptors (Lipinski definition) is 5. The lowest BCUT2D eigenvalue weighted by molar-refractivity contribution is -0.138. The molecule has 0 spiro atoms. The maximum Gasteiger partial charge on any atom is 0.227 e. The van der Waals surface area contributed by atoms with Gasteiger partial charge in [-0.15, -0.1) is 0 Å².